The highest BCUT2D eigenvalue weighted by Gasteiger charge is 2.19. The Labute approximate surface area is 176 Å². The predicted octanol–water partition coefficient (Wildman–Crippen LogP) is 6.14. The normalized spacial score (nSPS) is 11.0. The number of halogens is 2. The van der Waals surface area contributed by atoms with Gasteiger partial charge in [-0.25, -0.2) is 0 Å². The van der Waals surface area contributed by atoms with Gasteiger partial charge in [-0.3, -0.25) is 4.79 Å². The summed E-state index contributed by atoms with van der Waals surface area (Å²) >= 11 is 12.2. The number of hydrogen-bond donors (Lipinski definition) is 0. The number of hydrogen-bond acceptors (Lipinski definition) is 1. The molecule has 0 saturated carbocycles. The summed E-state index contributed by atoms with van der Waals surface area (Å²) in [5.74, 6) is 0.353. The lowest BCUT2D eigenvalue weighted by Gasteiger charge is -2.25. The zero-order chi connectivity index (χ0) is 20.1. The molecule has 0 N–H and O–H groups in total. The molecule has 146 valence electrons. The lowest BCUT2D eigenvalue weighted by molar-refractivity contribution is 0.0718. The Morgan fingerprint density at radius 2 is 1.71 bits per heavy atom. The van der Waals surface area contributed by atoms with Crippen molar-refractivity contribution in [2.45, 2.75) is 26.9 Å². The minimum absolute atomic E-state index is 0.00768. The fourth-order valence-corrected chi connectivity index (χ4v) is 3.64. The smallest absolute Gasteiger partial charge is 0.254 e. The van der Waals surface area contributed by atoms with Crippen LogP contribution in [0.1, 0.15) is 35.5 Å². The molecule has 1 aromatic heterocycles. The van der Waals surface area contributed by atoms with E-state index in [-0.39, 0.29) is 5.91 Å². The zero-order valence-electron chi connectivity index (χ0n) is 16.1. The van der Waals surface area contributed by atoms with E-state index in [9.17, 15) is 4.79 Å². The molecular formula is C23H24Cl2N2O. The summed E-state index contributed by atoms with van der Waals surface area (Å²) in [7, 11) is 0. The highest BCUT2D eigenvalue weighted by atomic mass is 35.5. The van der Waals surface area contributed by atoms with Crippen LogP contribution in [0.3, 0.4) is 0 Å². The molecule has 0 bridgehead atoms. The molecule has 5 heteroatoms. The second-order valence-electron chi connectivity index (χ2n) is 7.35. The molecule has 0 atom stereocenters. The number of benzene rings is 2. The van der Waals surface area contributed by atoms with Gasteiger partial charge in [-0.05, 0) is 53.9 Å². The number of aromatic nitrogens is 1. The second kappa shape index (κ2) is 9.31. The lowest BCUT2D eigenvalue weighted by atomic mass is 10.1. The van der Waals surface area contributed by atoms with Crippen LogP contribution in [0.2, 0.25) is 10.0 Å². The Morgan fingerprint density at radius 1 is 1.00 bits per heavy atom. The molecule has 0 radical (unpaired) electrons. The average molecular weight is 415 g/mol. The summed E-state index contributed by atoms with van der Waals surface area (Å²) in [4.78, 5) is 15.0. The first-order chi connectivity index (χ1) is 13.4. The van der Waals surface area contributed by atoms with E-state index in [1.54, 1.807) is 12.1 Å². The third kappa shape index (κ3) is 5.40. The van der Waals surface area contributed by atoms with Gasteiger partial charge >= 0.3 is 0 Å². The van der Waals surface area contributed by atoms with Crippen LogP contribution in [0.25, 0.3) is 0 Å². The largest absolute Gasteiger partial charge is 0.345 e. The van der Waals surface area contributed by atoms with E-state index in [0.717, 1.165) is 16.3 Å². The quantitative estimate of drug-likeness (QED) is 0.455. The molecule has 1 amide bonds. The maximum Gasteiger partial charge on any atom is 0.254 e. The fraction of sp³-hybridized carbons (Fsp3) is 0.261. The first-order valence-electron chi connectivity index (χ1n) is 9.35. The van der Waals surface area contributed by atoms with Crippen LogP contribution in [0, 0.1) is 5.92 Å². The van der Waals surface area contributed by atoms with E-state index in [4.69, 9.17) is 23.2 Å². The highest BCUT2D eigenvalue weighted by molar-refractivity contribution is 6.31. The maximum absolute atomic E-state index is 13.1. The molecule has 3 aromatic rings. The van der Waals surface area contributed by atoms with Gasteiger partial charge in [0.2, 0.25) is 0 Å². The van der Waals surface area contributed by atoms with E-state index >= 15 is 0 Å². The first kappa shape index (κ1) is 20.5. The average Bonchev–Trinajstić information content (AvgIpc) is 3.07. The monoisotopic (exact) mass is 414 g/mol. The van der Waals surface area contributed by atoms with Crippen LogP contribution in [0.5, 0.6) is 0 Å². The number of carbonyl (C=O) groups excluding carboxylic acids is 1. The third-order valence-electron chi connectivity index (χ3n) is 4.46. The second-order valence-corrected chi connectivity index (χ2v) is 8.22. The van der Waals surface area contributed by atoms with Crippen LogP contribution >= 0.6 is 23.2 Å². The topological polar surface area (TPSA) is 25.2 Å². The summed E-state index contributed by atoms with van der Waals surface area (Å²) in [6.45, 7) is 6.15. The molecule has 2 aromatic carbocycles. The SMILES string of the molecule is CC(C)CN(Cc1cccn1Cc1cccc(Cl)c1)C(=O)c1cccc(Cl)c1. The van der Waals surface area contributed by atoms with E-state index in [1.807, 2.05) is 47.5 Å². The van der Waals surface area contributed by atoms with Gasteiger partial charge in [0.05, 0.1) is 6.54 Å². The van der Waals surface area contributed by atoms with Crippen molar-refractivity contribution in [3.8, 4) is 0 Å². The lowest BCUT2D eigenvalue weighted by Crippen LogP contribution is -2.34. The summed E-state index contributed by atoms with van der Waals surface area (Å²) in [6, 6.07) is 19.0. The molecule has 0 unspecified atom stereocenters. The number of amides is 1. The Hall–Kier alpha value is -2.23. The third-order valence-corrected chi connectivity index (χ3v) is 4.93. The van der Waals surface area contributed by atoms with Gasteiger partial charge in [0, 0.05) is 40.6 Å². The van der Waals surface area contributed by atoms with Crippen molar-refractivity contribution < 1.29 is 4.79 Å². The Kier molecular flexibility index (Phi) is 6.82. The Bertz CT molecular complexity index is 949. The summed E-state index contributed by atoms with van der Waals surface area (Å²) in [6.07, 6.45) is 2.04. The molecule has 0 fully saturated rings. The van der Waals surface area contributed by atoms with Crippen molar-refractivity contribution in [1.29, 1.82) is 0 Å². The molecule has 0 aliphatic carbocycles. The minimum Gasteiger partial charge on any atom is -0.345 e. The summed E-state index contributed by atoms with van der Waals surface area (Å²) in [5, 5.41) is 1.29. The molecule has 1 heterocycles. The number of nitrogens with zero attached hydrogens (tertiary/aromatic N) is 2. The van der Waals surface area contributed by atoms with Crippen LogP contribution < -0.4 is 0 Å². The van der Waals surface area contributed by atoms with Crippen molar-refractivity contribution in [1.82, 2.24) is 9.47 Å². The van der Waals surface area contributed by atoms with Crippen molar-refractivity contribution in [3.63, 3.8) is 0 Å². The van der Waals surface area contributed by atoms with Crippen molar-refractivity contribution in [3.05, 3.63) is 93.7 Å². The molecular weight excluding hydrogens is 391 g/mol. The van der Waals surface area contributed by atoms with Crippen molar-refractivity contribution in [2.75, 3.05) is 6.54 Å². The van der Waals surface area contributed by atoms with Gasteiger partial charge in [-0.2, -0.15) is 0 Å². The molecule has 28 heavy (non-hydrogen) atoms. The predicted molar refractivity (Wildman–Crippen MR) is 116 cm³/mol. The Morgan fingerprint density at radius 3 is 2.39 bits per heavy atom. The molecule has 0 aliphatic heterocycles. The number of carbonyl (C=O) groups is 1. The van der Waals surface area contributed by atoms with Gasteiger partial charge in [0.25, 0.3) is 5.91 Å². The van der Waals surface area contributed by atoms with E-state index in [2.05, 4.69) is 30.5 Å². The van der Waals surface area contributed by atoms with E-state index < -0.39 is 0 Å². The van der Waals surface area contributed by atoms with Crippen LogP contribution in [0.15, 0.2) is 66.9 Å². The summed E-state index contributed by atoms with van der Waals surface area (Å²) < 4.78 is 2.16. The number of rotatable bonds is 7. The Balaban J connectivity index is 1.82. The van der Waals surface area contributed by atoms with Crippen LogP contribution in [0.4, 0.5) is 0 Å². The van der Waals surface area contributed by atoms with Gasteiger partial charge in [0.15, 0.2) is 0 Å². The van der Waals surface area contributed by atoms with E-state index in [1.165, 1.54) is 0 Å². The van der Waals surface area contributed by atoms with Gasteiger partial charge in [-0.1, -0.05) is 55.2 Å². The first-order valence-corrected chi connectivity index (χ1v) is 10.1. The van der Waals surface area contributed by atoms with Gasteiger partial charge in [-0.15, -0.1) is 0 Å². The molecule has 3 rings (SSSR count). The molecule has 0 spiro atoms. The van der Waals surface area contributed by atoms with E-state index in [0.29, 0.717) is 36.1 Å². The molecule has 0 saturated heterocycles. The molecule has 0 aliphatic rings. The zero-order valence-corrected chi connectivity index (χ0v) is 17.6. The van der Waals surface area contributed by atoms with Gasteiger partial charge < -0.3 is 9.47 Å². The van der Waals surface area contributed by atoms with Crippen molar-refractivity contribution in [2.24, 2.45) is 5.92 Å². The van der Waals surface area contributed by atoms with Gasteiger partial charge in [0.1, 0.15) is 0 Å². The maximum atomic E-state index is 13.1. The standard InChI is InChI=1S/C23H24Cl2N2O/c1-17(2)14-27(23(28)19-7-4-9-21(25)13-19)16-22-10-5-11-26(22)15-18-6-3-8-20(24)12-18/h3-13,17H,14-16H2,1-2H3. The highest BCUT2D eigenvalue weighted by Crippen LogP contribution is 2.18. The van der Waals surface area contributed by atoms with Crippen LogP contribution in [-0.2, 0) is 13.1 Å². The molecule has 3 nitrogen and oxygen atoms in total. The minimum atomic E-state index is -0.00768. The summed E-state index contributed by atoms with van der Waals surface area (Å²) in [5.41, 5.74) is 2.82. The van der Waals surface area contributed by atoms with Crippen molar-refractivity contribution >= 4 is 29.1 Å². The fourth-order valence-electron chi connectivity index (χ4n) is 3.24. The van der Waals surface area contributed by atoms with Crippen LogP contribution in [-0.4, -0.2) is 21.9 Å².